The Morgan fingerprint density at radius 1 is 0.957 bits per heavy atom. The van der Waals surface area contributed by atoms with Gasteiger partial charge in [-0.1, -0.05) is 58.0 Å². The second-order valence-electron chi connectivity index (χ2n) is 7.20. The summed E-state index contributed by atoms with van der Waals surface area (Å²) in [4.78, 5) is 0. The van der Waals surface area contributed by atoms with Crippen LogP contribution in [0, 0.1) is 0 Å². The van der Waals surface area contributed by atoms with E-state index in [0.29, 0.717) is 5.92 Å². The van der Waals surface area contributed by atoms with Gasteiger partial charge in [-0.05, 0) is 45.9 Å². The van der Waals surface area contributed by atoms with Gasteiger partial charge in [-0.25, -0.2) is 4.68 Å². The number of aromatic nitrogens is 2. The van der Waals surface area contributed by atoms with Crippen molar-refractivity contribution in [3.05, 3.63) is 71.5 Å². The van der Waals surface area contributed by atoms with Crippen LogP contribution in [-0.2, 0) is 5.41 Å². The molecule has 0 fully saturated rings. The number of rotatable bonds is 2. The summed E-state index contributed by atoms with van der Waals surface area (Å²) in [5.74, 6) is 0.436. The molecular formula is C21H22N2. The molecule has 0 atom stereocenters. The summed E-state index contributed by atoms with van der Waals surface area (Å²) >= 11 is 0. The van der Waals surface area contributed by atoms with E-state index in [1.807, 2.05) is 23.1 Å². The average molecular weight is 302 g/mol. The van der Waals surface area contributed by atoms with Crippen molar-refractivity contribution >= 4 is 0 Å². The summed E-state index contributed by atoms with van der Waals surface area (Å²) in [6, 6.07) is 15.3. The molecule has 23 heavy (non-hydrogen) atoms. The van der Waals surface area contributed by atoms with E-state index in [1.54, 1.807) is 0 Å². The van der Waals surface area contributed by atoms with E-state index >= 15 is 0 Å². The van der Waals surface area contributed by atoms with Crippen molar-refractivity contribution < 1.29 is 0 Å². The van der Waals surface area contributed by atoms with Gasteiger partial charge in [-0.15, -0.1) is 0 Å². The molecule has 0 aliphatic heterocycles. The molecular weight excluding hydrogens is 280 g/mol. The molecule has 3 aromatic rings. The summed E-state index contributed by atoms with van der Waals surface area (Å²) in [5, 5.41) is 4.46. The van der Waals surface area contributed by atoms with E-state index in [-0.39, 0.29) is 5.41 Å². The lowest BCUT2D eigenvalue weighted by atomic mass is 9.81. The zero-order valence-electron chi connectivity index (χ0n) is 14.2. The molecule has 1 aromatic heterocycles. The fourth-order valence-corrected chi connectivity index (χ4v) is 4.01. The predicted molar refractivity (Wildman–Crippen MR) is 95.2 cm³/mol. The Hall–Kier alpha value is -2.35. The van der Waals surface area contributed by atoms with Gasteiger partial charge in [0.2, 0.25) is 0 Å². The van der Waals surface area contributed by atoms with Crippen LogP contribution in [-0.4, -0.2) is 9.78 Å². The van der Waals surface area contributed by atoms with Gasteiger partial charge < -0.3 is 0 Å². The molecule has 0 N–H and O–H groups in total. The summed E-state index contributed by atoms with van der Waals surface area (Å²) in [5.41, 5.74) is 8.28. The van der Waals surface area contributed by atoms with E-state index < -0.39 is 0 Å². The third-order valence-corrected chi connectivity index (χ3v) is 5.09. The first-order valence-corrected chi connectivity index (χ1v) is 8.29. The standard InChI is InChI=1S/C21H22N2/c1-14(2)19-18(23-13-7-12-22-23)11-10-17-20(19)15-8-5-6-9-16(15)21(17,3)4/h5-14H,1-4H3. The first kappa shape index (κ1) is 14.3. The number of fused-ring (bicyclic) bond motifs is 3. The highest BCUT2D eigenvalue weighted by Crippen LogP contribution is 2.52. The Labute approximate surface area is 137 Å². The molecule has 1 aliphatic rings. The van der Waals surface area contributed by atoms with Crippen LogP contribution in [0.5, 0.6) is 0 Å². The van der Waals surface area contributed by atoms with Crippen LogP contribution in [0.15, 0.2) is 54.9 Å². The molecule has 0 unspecified atom stereocenters. The molecule has 2 heteroatoms. The summed E-state index contributed by atoms with van der Waals surface area (Å²) in [7, 11) is 0. The van der Waals surface area contributed by atoms with Gasteiger partial charge in [-0.3, -0.25) is 0 Å². The number of hydrogen-bond donors (Lipinski definition) is 0. The minimum absolute atomic E-state index is 0.0538. The highest BCUT2D eigenvalue weighted by Gasteiger charge is 2.37. The number of benzene rings is 2. The quantitative estimate of drug-likeness (QED) is 0.628. The van der Waals surface area contributed by atoms with Crippen molar-refractivity contribution in [1.82, 2.24) is 9.78 Å². The predicted octanol–water partition coefficient (Wildman–Crippen LogP) is 5.30. The van der Waals surface area contributed by atoms with Gasteiger partial charge in [0.25, 0.3) is 0 Å². The minimum atomic E-state index is 0.0538. The lowest BCUT2D eigenvalue weighted by Crippen LogP contribution is -2.15. The van der Waals surface area contributed by atoms with Crippen molar-refractivity contribution in [3.8, 4) is 16.8 Å². The van der Waals surface area contributed by atoms with Gasteiger partial charge in [0.15, 0.2) is 0 Å². The molecule has 1 heterocycles. The maximum Gasteiger partial charge on any atom is 0.0686 e. The third kappa shape index (κ3) is 1.91. The summed E-state index contributed by atoms with van der Waals surface area (Å²) < 4.78 is 1.99. The van der Waals surface area contributed by atoms with Crippen molar-refractivity contribution in [3.63, 3.8) is 0 Å². The minimum Gasteiger partial charge on any atom is -0.241 e. The molecule has 2 nitrogen and oxygen atoms in total. The normalized spacial score (nSPS) is 14.8. The highest BCUT2D eigenvalue weighted by molar-refractivity contribution is 5.85. The van der Waals surface area contributed by atoms with E-state index in [4.69, 9.17) is 0 Å². The van der Waals surface area contributed by atoms with Crippen molar-refractivity contribution in [1.29, 1.82) is 0 Å². The molecule has 4 rings (SSSR count). The lowest BCUT2D eigenvalue weighted by Gasteiger charge is -2.23. The van der Waals surface area contributed by atoms with Crippen molar-refractivity contribution in [2.24, 2.45) is 0 Å². The SMILES string of the molecule is CC(C)c1c(-n2cccn2)ccc2c1-c1ccccc1C2(C)C. The van der Waals surface area contributed by atoms with Gasteiger partial charge in [0, 0.05) is 17.8 Å². The first-order valence-electron chi connectivity index (χ1n) is 8.29. The van der Waals surface area contributed by atoms with E-state index in [0.717, 1.165) is 0 Å². The average Bonchev–Trinajstić information content (AvgIpc) is 3.13. The molecule has 0 bridgehead atoms. The van der Waals surface area contributed by atoms with Crippen molar-refractivity contribution in [2.45, 2.75) is 39.0 Å². The molecule has 0 amide bonds. The van der Waals surface area contributed by atoms with E-state index in [1.165, 1.54) is 33.5 Å². The Balaban J connectivity index is 2.10. The molecule has 0 saturated heterocycles. The topological polar surface area (TPSA) is 17.8 Å². The van der Waals surface area contributed by atoms with Crippen LogP contribution in [0.3, 0.4) is 0 Å². The van der Waals surface area contributed by atoms with Crippen LogP contribution < -0.4 is 0 Å². The highest BCUT2D eigenvalue weighted by atomic mass is 15.3. The van der Waals surface area contributed by atoms with Gasteiger partial charge in [0.05, 0.1) is 5.69 Å². The Kier molecular flexibility index (Phi) is 2.99. The largest absolute Gasteiger partial charge is 0.241 e. The zero-order chi connectivity index (χ0) is 16.2. The molecule has 0 spiro atoms. The van der Waals surface area contributed by atoms with Crippen molar-refractivity contribution in [2.75, 3.05) is 0 Å². The summed E-state index contributed by atoms with van der Waals surface area (Å²) in [6.07, 6.45) is 3.87. The maximum atomic E-state index is 4.46. The molecule has 0 saturated carbocycles. The summed E-state index contributed by atoms with van der Waals surface area (Å²) in [6.45, 7) is 9.21. The fraction of sp³-hybridized carbons (Fsp3) is 0.286. The van der Waals surface area contributed by atoms with Gasteiger partial charge in [-0.2, -0.15) is 5.10 Å². The second kappa shape index (κ2) is 4.82. The Morgan fingerprint density at radius 3 is 2.43 bits per heavy atom. The smallest absolute Gasteiger partial charge is 0.0686 e. The van der Waals surface area contributed by atoms with Crippen LogP contribution in [0.1, 0.15) is 50.3 Å². The molecule has 2 aromatic carbocycles. The Bertz CT molecular complexity index is 871. The van der Waals surface area contributed by atoms with Crippen LogP contribution in [0.2, 0.25) is 0 Å². The second-order valence-corrected chi connectivity index (χ2v) is 7.20. The fourth-order valence-electron chi connectivity index (χ4n) is 4.01. The zero-order valence-corrected chi connectivity index (χ0v) is 14.2. The van der Waals surface area contributed by atoms with Crippen LogP contribution in [0.4, 0.5) is 0 Å². The number of nitrogens with zero attached hydrogens (tertiary/aromatic N) is 2. The molecule has 116 valence electrons. The van der Waals surface area contributed by atoms with Gasteiger partial charge in [0.1, 0.15) is 0 Å². The van der Waals surface area contributed by atoms with E-state index in [9.17, 15) is 0 Å². The maximum absolute atomic E-state index is 4.46. The molecule has 1 aliphatic carbocycles. The van der Waals surface area contributed by atoms with Crippen LogP contribution >= 0.6 is 0 Å². The number of hydrogen-bond acceptors (Lipinski definition) is 1. The van der Waals surface area contributed by atoms with Crippen LogP contribution in [0.25, 0.3) is 16.8 Å². The lowest BCUT2D eigenvalue weighted by molar-refractivity contribution is 0.658. The first-order chi connectivity index (χ1) is 11.0. The Morgan fingerprint density at radius 2 is 1.74 bits per heavy atom. The monoisotopic (exact) mass is 302 g/mol. The third-order valence-electron chi connectivity index (χ3n) is 5.09. The van der Waals surface area contributed by atoms with E-state index in [2.05, 4.69) is 69.2 Å². The van der Waals surface area contributed by atoms with Gasteiger partial charge >= 0.3 is 0 Å². The molecule has 0 radical (unpaired) electrons.